The first-order chi connectivity index (χ1) is 26.2. The average Bonchev–Trinajstić information content (AvgIpc) is 3.42. The average molecular weight is 766 g/mol. The Kier molecular flexibility index (Phi) is 15.0. The second-order valence-corrected chi connectivity index (χ2v) is 13.1. The molecule has 0 unspecified atom stereocenters. The minimum Gasteiger partial charge on any atom is -0.508 e. The molecule has 0 fully saturated rings. The summed E-state index contributed by atoms with van der Waals surface area (Å²) in [5.41, 5.74) is 1.27. The molecule has 1 spiro atoms. The SMILES string of the molecule is CC(=O)CCCCCNC(=O)CCOCCOCCOCCOCCNC(=S)Nc1ccc2c(c1)C(=O)OC21c2ccc(O)cc2Oc2cc(O)ccc21. The minimum absolute atomic E-state index is 0.0144. The number of aromatic hydroxyl groups is 2. The molecule has 0 aliphatic carbocycles. The van der Waals surface area contributed by atoms with Gasteiger partial charge in [0.2, 0.25) is 5.91 Å². The van der Waals surface area contributed by atoms with Crippen LogP contribution in [0, 0.1) is 0 Å². The van der Waals surface area contributed by atoms with Crippen molar-refractivity contribution in [2.24, 2.45) is 0 Å². The smallest absolute Gasteiger partial charge is 0.340 e. The molecule has 3 aromatic carbocycles. The number of amides is 1. The fourth-order valence-electron chi connectivity index (χ4n) is 6.11. The molecule has 0 saturated carbocycles. The van der Waals surface area contributed by atoms with Crippen molar-refractivity contribution in [1.29, 1.82) is 0 Å². The lowest BCUT2D eigenvalue weighted by molar-refractivity contribution is -0.122. The summed E-state index contributed by atoms with van der Waals surface area (Å²) in [6, 6.07) is 14.5. The van der Waals surface area contributed by atoms with Gasteiger partial charge in [-0.25, -0.2) is 4.79 Å². The summed E-state index contributed by atoms with van der Waals surface area (Å²) in [7, 11) is 0. The summed E-state index contributed by atoms with van der Waals surface area (Å²) < 4.78 is 34.2. The van der Waals surface area contributed by atoms with Crippen LogP contribution in [0.2, 0.25) is 0 Å². The van der Waals surface area contributed by atoms with Crippen molar-refractivity contribution in [3.05, 3.63) is 76.9 Å². The third kappa shape index (κ3) is 10.9. The Morgan fingerprint density at radius 2 is 1.30 bits per heavy atom. The van der Waals surface area contributed by atoms with Gasteiger partial charge in [-0.1, -0.05) is 12.5 Å². The molecule has 2 heterocycles. The molecule has 15 heteroatoms. The van der Waals surface area contributed by atoms with Crippen LogP contribution in [-0.4, -0.2) is 98.9 Å². The van der Waals surface area contributed by atoms with Crippen LogP contribution < -0.4 is 20.7 Å². The molecule has 5 rings (SSSR count). The summed E-state index contributed by atoms with van der Waals surface area (Å²) >= 11 is 5.45. The molecule has 2 aliphatic rings. The Balaban J connectivity index is 0.922. The molecule has 5 N–H and O–H groups in total. The van der Waals surface area contributed by atoms with Gasteiger partial charge >= 0.3 is 5.97 Å². The summed E-state index contributed by atoms with van der Waals surface area (Å²) in [6.07, 6.45) is 3.54. The Morgan fingerprint density at radius 1 is 0.704 bits per heavy atom. The minimum atomic E-state index is -1.33. The lowest BCUT2D eigenvalue weighted by Crippen LogP contribution is -2.33. The van der Waals surface area contributed by atoms with Crippen LogP contribution in [0.4, 0.5) is 5.69 Å². The van der Waals surface area contributed by atoms with E-state index in [0.717, 1.165) is 19.3 Å². The largest absolute Gasteiger partial charge is 0.508 e. The molecule has 3 aromatic rings. The number of unbranched alkanes of at least 4 members (excludes halogenated alkanes) is 2. The highest BCUT2D eigenvalue weighted by Gasteiger charge is 2.53. The number of anilines is 1. The molecule has 54 heavy (non-hydrogen) atoms. The van der Waals surface area contributed by atoms with Crippen molar-refractivity contribution < 1.29 is 53.0 Å². The summed E-state index contributed by atoms with van der Waals surface area (Å²) in [5.74, 6) is 0.202. The number of rotatable bonds is 22. The van der Waals surface area contributed by atoms with E-state index in [0.29, 0.717) is 123 Å². The van der Waals surface area contributed by atoms with E-state index in [9.17, 15) is 24.6 Å². The maximum Gasteiger partial charge on any atom is 0.340 e. The standard InChI is InChI=1S/C39H47N3O11S/c1-26(43)5-3-2-4-13-40-36(46)12-15-48-17-19-50-21-22-51-20-18-49-16-14-41-38(54)42-27-6-9-31-30(23-27)37(47)53-39(31)32-10-7-28(44)24-34(32)52-35-25-29(45)8-11-33(35)39/h6-11,23-25,44-45H,2-5,12-22H2,1H3,(H,40,46)(H2,41,42,54). The second-order valence-electron chi connectivity index (χ2n) is 12.7. The fraction of sp³-hybridized carbons (Fsp3) is 0.436. The highest BCUT2D eigenvalue weighted by molar-refractivity contribution is 7.80. The summed E-state index contributed by atoms with van der Waals surface area (Å²) in [5, 5.41) is 29.6. The highest BCUT2D eigenvalue weighted by Crippen LogP contribution is 2.57. The van der Waals surface area contributed by atoms with Gasteiger partial charge in [0.1, 0.15) is 28.8 Å². The van der Waals surface area contributed by atoms with Crippen molar-refractivity contribution in [3.63, 3.8) is 0 Å². The van der Waals surface area contributed by atoms with Crippen LogP contribution in [-0.2, 0) is 38.9 Å². The number of Topliss-reactive ketones (excluding diaryl/α,β-unsaturated/α-hetero) is 1. The topological polar surface area (TPSA) is 183 Å². The van der Waals surface area contributed by atoms with Gasteiger partial charge in [-0.15, -0.1) is 0 Å². The van der Waals surface area contributed by atoms with Crippen molar-refractivity contribution in [2.45, 2.75) is 44.6 Å². The van der Waals surface area contributed by atoms with E-state index < -0.39 is 11.6 Å². The van der Waals surface area contributed by atoms with Gasteiger partial charge in [0.15, 0.2) is 10.7 Å². The lowest BCUT2D eigenvalue weighted by atomic mass is 9.77. The van der Waals surface area contributed by atoms with Crippen molar-refractivity contribution in [1.82, 2.24) is 10.6 Å². The normalized spacial score (nSPS) is 13.3. The number of esters is 1. The zero-order valence-electron chi connectivity index (χ0n) is 30.3. The number of thiocarbonyl (C=S) groups is 1. The van der Waals surface area contributed by atoms with Gasteiger partial charge < -0.3 is 59.4 Å². The predicted molar refractivity (Wildman–Crippen MR) is 202 cm³/mol. The summed E-state index contributed by atoms with van der Waals surface area (Å²) in [4.78, 5) is 36.1. The number of benzene rings is 3. The number of ether oxygens (including phenoxy) is 6. The zero-order valence-corrected chi connectivity index (χ0v) is 31.1. The number of hydrogen-bond acceptors (Lipinski definition) is 12. The van der Waals surface area contributed by atoms with Crippen LogP contribution in [0.25, 0.3) is 0 Å². The van der Waals surface area contributed by atoms with Gasteiger partial charge in [0.05, 0.1) is 58.4 Å². The Bertz CT molecular complexity index is 1730. The number of carbonyl (C=O) groups is 3. The lowest BCUT2D eigenvalue weighted by Gasteiger charge is -2.36. The molecule has 0 bridgehead atoms. The molecular weight excluding hydrogens is 719 g/mol. The molecular formula is C39H47N3O11S. The maximum atomic E-state index is 13.3. The molecule has 0 atom stereocenters. The maximum absolute atomic E-state index is 13.3. The monoisotopic (exact) mass is 765 g/mol. The van der Waals surface area contributed by atoms with Crippen LogP contribution >= 0.6 is 12.2 Å². The molecule has 1 amide bonds. The number of hydrogen-bond donors (Lipinski definition) is 5. The number of ketones is 1. The van der Waals surface area contributed by atoms with E-state index in [-0.39, 0.29) is 23.2 Å². The highest BCUT2D eigenvalue weighted by atomic mass is 32.1. The van der Waals surface area contributed by atoms with Gasteiger partial charge in [-0.05, 0) is 68.4 Å². The number of phenols is 2. The van der Waals surface area contributed by atoms with Crippen LogP contribution in [0.15, 0.2) is 54.6 Å². The van der Waals surface area contributed by atoms with Crippen LogP contribution in [0.1, 0.15) is 66.1 Å². The molecule has 0 aromatic heterocycles. The first-order valence-electron chi connectivity index (χ1n) is 18.0. The number of carbonyl (C=O) groups excluding carboxylic acids is 3. The third-order valence-corrected chi connectivity index (χ3v) is 8.93. The van der Waals surface area contributed by atoms with E-state index in [1.807, 2.05) is 0 Å². The number of phenolic OH excluding ortho intramolecular Hbond substituents is 2. The fourth-order valence-corrected chi connectivity index (χ4v) is 6.33. The Hall–Kier alpha value is -4.80. The molecule has 14 nitrogen and oxygen atoms in total. The van der Waals surface area contributed by atoms with Gasteiger partial charge in [0, 0.05) is 60.4 Å². The van der Waals surface area contributed by atoms with Gasteiger partial charge in [0.25, 0.3) is 0 Å². The van der Waals surface area contributed by atoms with Crippen molar-refractivity contribution in [2.75, 3.05) is 71.3 Å². The number of nitrogens with one attached hydrogen (secondary N) is 3. The molecule has 0 radical (unpaired) electrons. The Morgan fingerprint density at radius 3 is 1.93 bits per heavy atom. The molecule has 290 valence electrons. The molecule has 2 aliphatic heterocycles. The van der Waals surface area contributed by atoms with E-state index in [2.05, 4.69) is 16.0 Å². The van der Waals surface area contributed by atoms with E-state index >= 15 is 0 Å². The van der Waals surface area contributed by atoms with E-state index in [1.165, 1.54) is 24.3 Å². The van der Waals surface area contributed by atoms with E-state index in [4.69, 9.17) is 40.6 Å². The quantitative estimate of drug-likeness (QED) is 0.0540. The van der Waals surface area contributed by atoms with Gasteiger partial charge in [-0.3, -0.25) is 4.79 Å². The summed E-state index contributed by atoms with van der Waals surface area (Å²) in [6.45, 7) is 5.81. The first-order valence-corrected chi connectivity index (χ1v) is 18.4. The Labute approximate surface area is 319 Å². The van der Waals surface area contributed by atoms with Gasteiger partial charge in [-0.2, -0.15) is 0 Å². The van der Waals surface area contributed by atoms with E-state index in [1.54, 1.807) is 37.3 Å². The van der Waals surface area contributed by atoms with Crippen LogP contribution in [0.5, 0.6) is 23.0 Å². The van der Waals surface area contributed by atoms with Crippen molar-refractivity contribution in [3.8, 4) is 23.0 Å². The van der Waals surface area contributed by atoms with Crippen LogP contribution in [0.3, 0.4) is 0 Å². The second kappa shape index (κ2) is 20.0. The first kappa shape index (κ1) is 40.4. The molecule has 0 saturated heterocycles. The number of fused-ring (bicyclic) bond motifs is 6. The third-order valence-electron chi connectivity index (χ3n) is 8.68. The predicted octanol–water partition coefficient (Wildman–Crippen LogP) is 4.67. The zero-order chi connectivity index (χ0) is 38.3. The van der Waals surface area contributed by atoms with Crippen molar-refractivity contribution >= 4 is 40.7 Å².